The molecule has 104 valence electrons. The van der Waals surface area contributed by atoms with Crippen molar-refractivity contribution in [1.82, 2.24) is 5.32 Å². The van der Waals surface area contributed by atoms with Gasteiger partial charge < -0.3 is 19.9 Å². The van der Waals surface area contributed by atoms with E-state index in [-0.39, 0.29) is 6.61 Å². The van der Waals surface area contributed by atoms with E-state index in [1.807, 2.05) is 18.2 Å². The average molecular weight is 267 g/mol. The van der Waals surface area contributed by atoms with Crippen LogP contribution in [-0.4, -0.2) is 36.4 Å². The number of ether oxygens (including phenoxy) is 2. The zero-order valence-electron chi connectivity index (χ0n) is 10.8. The van der Waals surface area contributed by atoms with Crippen LogP contribution in [0.2, 0.25) is 0 Å². The fraction of sp³-hybridized carbons (Fsp3) is 0.385. The Morgan fingerprint density at radius 1 is 1.32 bits per heavy atom. The van der Waals surface area contributed by atoms with Gasteiger partial charge in [0.15, 0.2) is 6.04 Å². The van der Waals surface area contributed by atoms with E-state index in [2.05, 4.69) is 10.1 Å². The molecule has 0 unspecified atom stereocenters. The largest absolute Gasteiger partial charge is 0.467 e. The van der Waals surface area contributed by atoms with Crippen LogP contribution in [0.25, 0.3) is 0 Å². The van der Waals surface area contributed by atoms with Crippen LogP contribution in [0.15, 0.2) is 30.3 Å². The third-order valence-corrected chi connectivity index (χ3v) is 2.42. The highest BCUT2D eigenvalue weighted by atomic mass is 16.6. The highest BCUT2D eigenvalue weighted by Crippen LogP contribution is 2.02. The van der Waals surface area contributed by atoms with Gasteiger partial charge in [0, 0.05) is 0 Å². The van der Waals surface area contributed by atoms with Gasteiger partial charge in [-0.2, -0.15) is 0 Å². The average Bonchev–Trinajstić information content (AvgIpc) is 2.42. The second-order valence-corrected chi connectivity index (χ2v) is 3.95. The van der Waals surface area contributed by atoms with E-state index in [0.29, 0.717) is 0 Å². The lowest BCUT2D eigenvalue weighted by atomic mass is 10.2. The normalized spacial score (nSPS) is 13.2. The summed E-state index contributed by atoms with van der Waals surface area (Å²) in [6.07, 6.45) is -1.86. The fourth-order valence-corrected chi connectivity index (χ4v) is 1.40. The van der Waals surface area contributed by atoms with Gasteiger partial charge in [-0.3, -0.25) is 0 Å². The fourth-order valence-electron chi connectivity index (χ4n) is 1.40. The number of hydrogen-bond acceptors (Lipinski definition) is 5. The Labute approximate surface area is 111 Å². The van der Waals surface area contributed by atoms with E-state index in [0.717, 1.165) is 5.56 Å². The SMILES string of the molecule is COC(=O)[C@@H](NC(=O)OCc1ccccc1)[C@H](C)O. The number of esters is 1. The molecule has 1 amide bonds. The van der Waals surface area contributed by atoms with Crippen molar-refractivity contribution in [3.05, 3.63) is 35.9 Å². The molecule has 0 aliphatic rings. The lowest BCUT2D eigenvalue weighted by Gasteiger charge is -2.18. The predicted octanol–water partition coefficient (Wildman–Crippen LogP) is 0.835. The zero-order valence-corrected chi connectivity index (χ0v) is 10.8. The van der Waals surface area contributed by atoms with Crippen molar-refractivity contribution < 1.29 is 24.2 Å². The van der Waals surface area contributed by atoms with Gasteiger partial charge in [-0.1, -0.05) is 30.3 Å². The number of methoxy groups -OCH3 is 1. The highest BCUT2D eigenvalue weighted by molar-refractivity contribution is 5.81. The van der Waals surface area contributed by atoms with Crippen molar-refractivity contribution in [2.24, 2.45) is 0 Å². The molecule has 19 heavy (non-hydrogen) atoms. The Bertz CT molecular complexity index is 418. The summed E-state index contributed by atoms with van der Waals surface area (Å²) in [6.45, 7) is 1.46. The number of nitrogens with one attached hydrogen (secondary N) is 1. The molecule has 1 aromatic carbocycles. The molecule has 6 nitrogen and oxygen atoms in total. The van der Waals surface area contributed by atoms with Crippen LogP contribution in [0.3, 0.4) is 0 Å². The second kappa shape index (κ2) is 7.38. The van der Waals surface area contributed by atoms with Gasteiger partial charge in [-0.25, -0.2) is 9.59 Å². The molecule has 0 radical (unpaired) electrons. The van der Waals surface area contributed by atoms with Gasteiger partial charge in [-0.15, -0.1) is 0 Å². The van der Waals surface area contributed by atoms with Crippen molar-refractivity contribution >= 4 is 12.1 Å². The first-order valence-electron chi connectivity index (χ1n) is 5.77. The lowest BCUT2D eigenvalue weighted by Crippen LogP contribution is -2.48. The number of rotatable bonds is 5. The smallest absolute Gasteiger partial charge is 0.408 e. The Hall–Kier alpha value is -2.08. The third kappa shape index (κ3) is 4.97. The Morgan fingerprint density at radius 2 is 1.95 bits per heavy atom. The molecule has 0 fully saturated rings. The second-order valence-electron chi connectivity index (χ2n) is 3.95. The van der Waals surface area contributed by atoms with E-state index in [1.165, 1.54) is 14.0 Å². The maximum absolute atomic E-state index is 11.5. The van der Waals surface area contributed by atoms with E-state index in [1.54, 1.807) is 12.1 Å². The maximum atomic E-state index is 11.5. The molecule has 0 bridgehead atoms. The lowest BCUT2D eigenvalue weighted by molar-refractivity contribution is -0.145. The van der Waals surface area contributed by atoms with Crippen LogP contribution in [0.4, 0.5) is 4.79 Å². The van der Waals surface area contributed by atoms with Gasteiger partial charge >= 0.3 is 12.1 Å². The van der Waals surface area contributed by atoms with Crippen molar-refractivity contribution in [3.63, 3.8) is 0 Å². The maximum Gasteiger partial charge on any atom is 0.408 e. The van der Waals surface area contributed by atoms with Crippen LogP contribution in [0.5, 0.6) is 0 Å². The quantitative estimate of drug-likeness (QED) is 0.772. The number of alkyl carbamates (subject to hydrolysis) is 1. The van der Waals surface area contributed by atoms with Gasteiger partial charge in [0.25, 0.3) is 0 Å². The molecule has 2 atom stereocenters. The van der Waals surface area contributed by atoms with E-state index < -0.39 is 24.2 Å². The minimum Gasteiger partial charge on any atom is -0.467 e. The number of hydrogen-bond donors (Lipinski definition) is 2. The molecule has 0 aliphatic carbocycles. The van der Waals surface area contributed by atoms with Crippen LogP contribution in [0, 0.1) is 0 Å². The first-order valence-corrected chi connectivity index (χ1v) is 5.77. The van der Waals surface area contributed by atoms with Crippen LogP contribution >= 0.6 is 0 Å². The number of aliphatic hydroxyl groups excluding tert-OH is 1. The van der Waals surface area contributed by atoms with Crippen molar-refractivity contribution in [2.75, 3.05) is 7.11 Å². The molecule has 0 aromatic heterocycles. The van der Waals surface area contributed by atoms with E-state index >= 15 is 0 Å². The predicted molar refractivity (Wildman–Crippen MR) is 67.2 cm³/mol. The molecule has 0 spiro atoms. The first-order chi connectivity index (χ1) is 9.04. The minimum absolute atomic E-state index is 0.0837. The van der Waals surface area contributed by atoms with E-state index in [4.69, 9.17) is 4.74 Å². The summed E-state index contributed by atoms with van der Waals surface area (Å²) in [4.78, 5) is 22.8. The topological polar surface area (TPSA) is 84.9 Å². The molecule has 2 N–H and O–H groups in total. The van der Waals surface area contributed by atoms with Gasteiger partial charge in [0.05, 0.1) is 13.2 Å². The molecule has 1 rings (SSSR count). The Kier molecular flexibility index (Phi) is 5.81. The van der Waals surface area contributed by atoms with E-state index in [9.17, 15) is 14.7 Å². The summed E-state index contributed by atoms with van der Waals surface area (Å²) in [5.74, 6) is -0.730. The Balaban J connectivity index is 2.47. The third-order valence-electron chi connectivity index (χ3n) is 2.42. The molecule has 6 heteroatoms. The summed E-state index contributed by atoms with van der Waals surface area (Å²) >= 11 is 0. The number of carbonyl (C=O) groups excluding carboxylic acids is 2. The summed E-state index contributed by atoms with van der Waals surface area (Å²) in [6, 6.07) is 7.96. The zero-order chi connectivity index (χ0) is 14.3. The molecule has 0 heterocycles. The van der Waals surface area contributed by atoms with Crippen LogP contribution in [0.1, 0.15) is 12.5 Å². The number of amides is 1. The van der Waals surface area contributed by atoms with Gasteiger partial charge in [0.2, 0.25) is 0 Å². The molecule has 0 saturated heterocycles. The number of carbonyl (C=O) groups is 2. The minimum atomic E-state index is -1.15. The monoisotopic (exact) mass is 267 g/mol. The summed E-state index contributed by atoms with van der Waals surface area (Å²) in [5, 5.41) is 11.6. The first kappa shape index (κ1) is 15.0. The number of benzene rings is 1. The standard InChI is InChI=1S/C13H17NO5/c1-9(15)11(12(16)18-2)14-13(17)19-8-10-6-4-3-5-7-10/h3-7,9,11,15H,8H2,1-2H3,(H,14,17)/t9-,11-/m0/s1. The molecule has 1 aromatic rings. The molecule has 0 aliphatic heterocycles. The van der Waals surface area contributed by atoms with Crippen molar-refractivity contribution in [3.8, 4) is 0 Å². The Morgan fingerprint density at radius 3 is 2.47 bits per heavy atom. The van der Waals surface area contributed by atoms with Crippen molar-refractivity contribution in [2.45, 2.75) is 25.7 Å². The van der Waals surface area contributed by atoms with Crippen molar-refractivity contribution in [1.29, 1.82) is 0 Å². The van der Waals surface area contributed by atoms with Crippen LogP contribution in [-0.2, 0) is 20.9 Å². The molecule has 0 saturated carbocycles. The van der Waals surface area contributed by atoms with Gasteiger partial charge in [-0.05, 0) is 12.5 Å². The summed E-state index contributed by atoms with van der Waals surface area (Å²) in [7, 11) is 1.18. The molecular weight excluding hydrogens is 250 g/mol. The highest BCUT2D eigenvalue weighted by Gasteiger charge is 2.26. The van der Waals surface area contributed by atoms with Crippen LogP contribution < -0.4 is 5.32 Å². The number of aliphatic hydroxyl groups is 1. The summed E-state index contributed by atoms with van der Waals surface area (Å²) < 4.78 is 9.40. The summed E-state index contributed by atoms with van der Waals surface area (Å²) in [5.41, 5.74) is 0.823. The molecular formula is C13H17NO5. The van der Waals surface area contributed by atoms with Gasteiger partial charge in [0.1, 0.15) is 6.61 Å².